The first-order valence-electron chi connectivity index (χ1n) is 1.83. The molecule has 0 aromatic heterocycles. The lowest BCUT2D eigenvalue weighted by Crippen LogP contribution is -2.05. The van der Waals surface area contributed by atoms with Gasteiger partial charge in [0.1, 0.15) is 0 Å². The second-order valence-corrected chi connectivity index (χ2v) is 0.978. The van der Waals surface area contributed by atoms with Crippen LogP contribution in [-0.2, 0) is 4.74 Å². The van der Waals surface area contributed by atoms with E-state index in [2.05, 4.69) is 4.74 Å². The van der Waals surface area contributed by atoms with Crippen molar-refractivity contribution in [1.82, 2.24) is 0 Å². The number of ether oxygens (including phenoxy) is 1. The van der Waals surface area contributed by atoms with Gasteiger partial charge in [0.05, 0.1) is 13.4 Å². The van der Waals surface area contributed by atoms with Crippen molar-refractivity contribution in [3.63, 3.8) is 0 Å². The molecule has 0 aliphatic heterocycles. The summed E-state index contributed by atoms with van der Waals surface area (Å²) in [6.07, 6.45) is 1.20. The minimum Gasteiger partial charge on any atom is -0.505 e. The van der Waals surface area contributed by atoms with Crippen LogP contribution >= 0.6 is 0 Å². The summed E-state index contributed by atoms with van der Waals surface area (Å²) in [4.78, 5) is 0. The Labute approximate surface area is 42.4 Å². The summed E-state index contributed by atoms with van der Waals surface area (Å²) in [5.41, 5.74) is 0. The SMILES string of the molecule is CO/C=C/B(O)O. The first kappa shape index (κ1) is 6.52. The van der Waals surface area contributed by atoms with Gasteiger partial charge in [-0.05, 0) is 5.98 Å². The second kappa shape index (κ2) is 3.71. The molecule has 3 nitrogen and oxygen atoms in total. The highest BCUT2D eigenvalue weighted by Gasteiger charge is 1.95. The lowest BCUT2D eigenvalue weighted by molar-refractivity contribution is 0.335. The highest BCUT2D eigenvalue weighted by molar-refractivity contribution is 6.47. The largest absolute Gasteiger partial charge is 0.505 e. The molecule has 0 fully saturated rings. The first-order valence-corrected chi connectivity index (χ1v) is 1.83. The van der Waals surface area contributed by atoms with Crippen LogP contribution in [0.4, 0.5) is 0 Å². The molecule has 0 aliphatic rings. The summed E-state index contributed by atoms with van der Waals surface area (Å²) in [5.74, 6) is 1.11. The van der Waals surface area contributed by atoms with Gasteiger partial charge in [-0.1, -0.05) is 0 Å². The molecule has 0 aliphatic carbocycles. The van der Waals surface area contributed by atoms with Gasteiger partial charge in [0.25, 0.3) is 0 Å². The predicted octanol–water partition coefficient (Wildman–Crippen LogP) is -0.842. The van der Waals surface area contributed by atoms with Crippen molar-refractivity contribution in [2.75, 3.05) is 7.11 Å². The van der Waals surface area contributed by atoms with E-state index in [4.69, 9.17) is 10.0 Å². The molecule has 0 radical (unpaired) electrons. The summed E-state index contributed by atoms with van der Waals surface area (Å²) in [7, 11) is 0.0266. The summed E-state index contributed by atoms with van der Waals surface area (Å²) < 4.78 is 4.35. The van der Waals surface area contributed by atoms with Gasteiger partial charge in [0.2, 0.25) is 0 Å². The highest BCUT2D eigenvalue weighted by atomic mass is 16.5. The zero-order chi connectivity index (χ0) is 5.70. The van der Waals surface area contributed by atoms with Crippen molar-refractivity contribution in [2.45, 2.75) is 0 Å². The molecular formula is C3H7BO3. The molecule has 0 bridgehead atoms. The van der Waals surface area contributed by atoms with Crippen LogP contribution in [0.3, 0.4) is 0 Å². The molecule has 40 valence electrons. The van der Waals surface area contributed by atoms with E-state index in [1.165, 1.54) is 13.4 Å². The van der Waals surface area contributed by atoms with Gasteiger partial charge in [0.15, 0.2) is 0 Å². The predicted molar refractivity (Wildman–Crippen MR) is 26.3 cm³/mol. The van der Waals surface area contributed by atoms with Crippen LogP contribution in [0, 0.1) is 0 Å². The van der Waals surface area contributed by atoms with Crippen molar-refractivity contribution in [2.24, 2.45) is 0 Å². The second-order valence-electron chi connectivity index (χ2n) is 0.978. The smallest absolute Gasteiger partial charge is 0.483 e. The van der Waals surface area contributed by atoms with E-state index in [-0.39, 0.29) is 0 Å². The molecule has 0 rings (SSSR count). The van der Waals surface area contributed by atoms with Gasteiger partial charge in [-0.15, -0.1) is 0 Å². The van der Waals surface area contributed by atoms with E-state index in [0.29, 0.717) is 0 Å². The van der Waals surface area contributed by atoms with E-state index in [0.717, 1.165) is 5.98 Å². The molecule has 0 unspecified atom stereocenters. The van der Waals surface area contributed by atoms with Crippen LogP contribution < -0.4 is 0 Å². The van der Waals surface area contributed by atoms with Crippen molar-refractivity contribution in [3.05, 3.63) is 12.2 Å². The van der Waals surface area contributed by atoms with Gasteiger partial charge in [-0.3, -0.25) is 0 Å². The topological polar surface area (TPSA) is 49.7 Å². The van der Waals surface area contributed by atoms with Crippen molar-refractivity contribution in [3.8, 4) is 0 Å². The fraction of sp³-hybridized carbons (Fsp3) is 0.333. The van der Waals surface area contributed by atoms with Crippen molar-refractivity contribution >= 4 is 7.12 Å². The molecule has 7 heavy (non-hydrogen) atoms. The molecule has 0 atom stereocenters. The molecule has 4 heteroatoms. The number of rotatable bonds is 2. The lowest BCUT2D eigenvalue weighted by atomic mass is 9.93. The number of methoxy groups -OCH3 is 1. The number of hydrogen-bond donors (Lipinski definition) is 2. The molecule has 0 amide bonds. The lowest BCUT2D eigenvalue weighted by Gasteiger charge is -1.84. The molecular weight excluding hydrogens is 94.8 g/mol. The van der Waals surface area contributed by atoms with Crippen LogP contribution in [0.15, 0.2) is 12.2 Å². The molecule has 0 aromatic rings. The molecule has 0 saturated heterocycles. The van der Waals surface area contributed by atoms with E-state index < -0.39 is 7.12 Å². The van der Waals surface area contributed by atoms with E-state index in [1.807, 2.05) is 0 Å². The van der Waals surface area contributed by atoms with Gasteiger partial charge >= 0.3 is 7.12 Å². The zero-order valence-corrected chi connectivity index (χ0v) is 4.03. The molecule has 0 spiro atoms. The normalized spacial score (nSPS) is 9.57. The summed E-state index contributed by atoms with van der Waals surface area (Å²) >= 11 is 0. The summed E-state index contributed by atoms with van der Waals surface area (Å²) in [6.45, 7) is 0. The number of hydrogen-bond acceptors (Lipinski definition) is 3. The van der Waals surface area contributed by atoms with Crippen molar-refractivity contribution in [1.29, 1.82) is 0 Å². The third kappa shape index (κ3) is 5.52. The van der Waals surface area contributed by atoms with Crippen LogP contribution in [0.1, 0.15) is 0 Å². The third-order valence-corrected chi connectivity index (χ3v) is 0.387. The van der Waals surface area contributed by atoms with Gasteiger partial charge in [-0.25, -0.2) is 0 Å². The van der Waals surface area contributed by atoms with Gasteiger partial charge in [0, 0.05) is 0 Å². The van der Waals surface area contributed by atoms with E-state index >= 15 is 0 Å². The minimum atomic E-state index is -1.40. The average molecular weight is 102 g/mol. The Hall–Kier alpha value is -0.475. The fourth-order valence-corrected chi connectivity index (χ4v) is 0.149. The maximum atomic E-state index is 8.07. The summed E-state index contributed by atoms with van der Waals surface area (Å²) in [5, 5.41) is 16.1. The maximum absolute atomic E-state index is 8.07. The van der Waals surface area contributed by atoms with Crippen LogP contribution in [0.25, 0.3) is 0 Å². The van der Waals surface area contributed by atoms with Gasteiger partial charge < -0.3 is 14.8 Å². The monoisotopic (exact) mass is 102 g/mol. The fourth-order valence-electron chi connectivity index (χ4n) is 0.149. The Morgan fingerprint density at radius 2 is 2.14 bits per heavy atom. The van der Waals surface area contributed by atoms with E-state index in [9.17, 15) is 0 Å². The van der Waals surface area contributed by atoms with Gasteiger partial charge in [-0.2, -0.15) is 0 Å². The van der Waals surface area contributed by atoms with E-state index in [1.54, 1.807) is 0 Å². The molecule has 0 saturated carbocycles. The molecule has 2 N–H and O–H groups in total. The zero-order valence-electron chi connectivity index (χ0n) is 4.03. The van der Waals surface area contributed by atoms with Crippen molar-refractivity contribution < 1.29 is 14.8 Å². The minimum absolute atomic E-state index is 1.11. The summed E-state index contributed by atoms with van der Waals surface area (Å²) in [6, 6.07) is 0. The standard InChI is InChI=1S/C3H7BO3/c1-7-3-2-4(5)6/h2-3,5-6H,1H3/b3-2+. The Kier molecular flexibility index (Phi) is 3.45. The first-order chi connectivity index (χ1) is 3.27. The Balaban J connectivity index is 3.08. The average Bonchev–Trinajstić information content (AvgIpc) is 1.61. The van der Waals surface area contributed by atoms with Crippen LogP contribution in [-0.4, -0.2) is 24.3 Å². The molecule has 0 heterocycles. The Morgan fingerprint density at radius 1 is 1.57 bits per heavy atom. The quantitative estimate of drug-likeness (QED) is 0.353. The highest BCUT2D eigenvalue weighted by Crippen LogP contribution is 1.72. The molecule has 0 aromatic carbocycles. The Bertz CT molecular complexity index is 61.2. The Morgan fingerprint density at radius 3 is 2.29 bits per heavy atom. The van der Waals surface area contributed by atoms with Crippen LogP contribution in [0.5, 0.6) is 0 Å². The van der Waals surface area contributed by atoms with Crippen LogP contribution in [0.2, 0.25) is 0 Å². The third-order valence-electron chi connectivity index (χ3n) is 0.387. The maximum Gasteiger partial charge on any atom is 0.483 e.